The van der Waals surface area contributed by atoms with Gasteiger partial charge in [-0.3, -0.25) is 4.79 Å². The van der Waals surface area contributed by atoms with Crippen LogP contribution in [0.15, 0.2) is 54.7 Å². The molecule has 1 aliphatic heterocycles. The van der Waals surface area contributed by atoms with E-state index in [1.165, 1.54) is 13.2 Å². The Labute approximate surface area is 253 Å². The second-order valence-corrected chi connectivity index (χ2v) is 11.8. The molecule has 0 radical (unpaired) electrons. The van der Waals surface area contributed by atoms with Crippen LogP contribution in [-0.4, -0.2) is 52.7 Å². The van der Waals surface area contributed by atoms with Crippen LogP contribution >= 0.6 is 0 Å². The Balaban J connectivity index is 1.54. The number of carbonyl (C=O) groups excluding carboxylic acids is 2. The van der Waals surface area contributed by atoms with Gasteiger partial charge in [-0.15, -0.1) is 0 Å². The van der Waals surface area contributed by atoms with Crippen molar-refractivity contribution < 1.29 is 36.6 Å². The van der Waals surface area contributed by atoms with E-state index in [1.54, 1.807) is 68.1 Å². The quantitative estimate of drug-likeness (QED) is 0.209. The maximum atomic E-state index is 15.3. The van der Waals surface area contributed by atoms with Crippen molar-refractivity contribution in [1.82, 2.24) is 14.9 Å². The lowest BCUT2D eigenvalue weighted by atomic mass is 9.89. The van der Waals surface area contributed by atoms with Crippen molar-refractivity contribution in [1.29, 1.82) is 0 Å². The van der Waals surface area contributed by atoms with E-state index in [4.69, 9.17) is 9.47 Å². The first kappa shape index (κ1) is 32.7. The number of hydrogen-bond donors (Lipinski definition) is 1. The first-order valence-corrected chi connectivity index (χ1v) is 14.3. The summed E-state index contributed by atoms with van der Waals surface area (Å²) >= 11 is 0. The zero-order chi connectivity index (χ0) is 32.1. The molecule has 236 valence electrons. The third kappa shape index (κ3) is 8.67. The van der Waals surface area contributed by atoms with E-state index in [0.29, 0.717) is 37.7 Å². The molecule has 12 heteroatoms. The molecule has 1 fully saturated rings. The molecule has 0 spiro atoms. The van der Waals surface area contributed by atoms with Crippen LogP contribution in [0.25, 0.3) is 0 Å². The van der Waals surface area contributed by atoms with Gasteiger partial charge in [-0.2, -0.15) is 13.2 Å². The fraction of sp³-hybridized carbons (Fsp3) is 0.438. The standard InChI is InChI=1S/C32H36F4N4O4/c1-31(2,3)44-30(42)40-14-12-21(13-15-40)24-11-10-23(18-26(24)33)38-29-37-19-25(32(34,35)36)28(39-29)22(17-27(41)43-4)16-20-8-6-5-7-9-20/h5-11,18-19,21-22H,12-17H2,1-4H3,(H,37,38,39). The predicted octanol–water partition coefficient (Wildman–Crippen LogP) is 7.38. The summed E-state index contributed by atoms with van der Waals surface area (Å²) in [5.41, 5.74) is -0.586. The number of halogens is 4. The Morgan fingerprint density at radius 3 is 2.34 bits per heavy atom. The summed E-state index contributed by atoms with van der Waals surface area (Å²) in [6.07, 6.45) is -3.62. The number of anilines is 2. The smallest absolute Gasteiger partial charge is 0.419 e. The fourth-order valence-electron chi connectivity index (χ4n) is 5.20. The molecule has 0 bridgehead atoms. The molecule has 8 nitrogen and oxygen atoms in total. The minimum atomic E-state index is -4.77. The number of benzene rings is 2. The van der Waals surface area contributed by atoms with Crippen LogP contribution in [0, 0.1) is 5.82 Å². The van der Waals surface area contributed by atoms with E-state index in [1.807, 2.05) is 0 Å². The highest BCUT2D eigenvalue weighted by Crippen LogP contribution is 2.37. The number of likely N-dealkylation sites (tertiary alicyclic amines) is 1. The van der Waals surface area contributed by atoms with Crippen molar-refractivity contribution in [2.75, 3.05) is 25.5 Å². The molecular weight excluding hydrogens is 580 g/mol. The van der Waals surface area contributed by atoms with Gasteiger partial charge >= 0.3 is 18.2 Å². The number of piperidine rings is 1. The lowest BCUT2D eigenvalue weighted by molar-refractivity contribution is -0.143. The molecular formula is C32H36F4N4O4. The van der Waals surface area contributed by atoms with E-state index in [9.17, 15) is 22.8 Å². The van der Waals surface area contributed by atoms with Crippen molar-refractivity contribution in [3.8, 4) is 0 Å². The van der Waals surface area contributed by atoms with Gasteiger partial charge in [-0.05, 0) is 69.2 Å². The summed E-state index contributed by atoms with van der Waals surface area (Å²) in [6, 6.07) is 13.3. The fourth-order valence-corrected chi connectivity index (χ4v) is 5.20. The number of amides is 1. The summed E-state index contributed by atoms with van der Waals surface area (Å²) < 4.78 is 67.6. The average Bonchev–Trinajstić information content (AvgIpc) is 2.96. The molecule has 1 N–H and O–H groups in total. The van der Waals surface area contributed by atoms with Crippen LogP contribution in [0.4, 0.5) is 34.0 Å². The van der Waals surface area contributed by atoms with Gasteiger partial charge in [-0.25, -0.2) is 19.2 Å². The topological polar surface area (TPSA) is 93.7 Å². The zero-order valence-electron chi connectivity index (χ0n) is 25.1. The maximum Gasteiger partial charge on any atom is 0.419 e. The van der Waals surface area contributed by atoms with Crippen molar-refractivity contribution in [3.05, 3.63) is 82.9 Å². The van der Waals surface area contributed by atoms with Gasteiger partial charge in [0.1, 0.15) is 11.4 Å². The molecule has 0 saturated carbocycles. The van der Waals surface area contributed by atoms with Gasteiger partial charge in [-0.1, -0.05) is 36.4 Å². The Hall–Kier alpha value is -4.22. The Kier molecular flexibility index (Phi) is 10.1. The summed E-state index contributed by atoms with van der Waals surface area (Å²) in [5, 5.41) is 2.81. The molecule has 1 amide bonds. The minimum Gasteiger partial charge on any atom is -0.469 e. The van der Waals surface area contributed by atoms with Crippen LogP contribution in [0.2, 0.25) is 0 Å². The average molecular weight is 617 g/mol. The lowest BCUT2D eigenvalue weighted by Crippen LogP contribution is -2.41. The van der Waals surface area contributed by atoms with Gasteiger partial charge in [0.2, 0.25) is 5.95 Å². The Bertz CT molecular complexity index is 1450. The van der Waals surface area contributed by atoms with Crippen LogP contribution in [0.1, 0.15) is 74.3 Å². The number of rotatable bonds is 8. The number of nitrogens with zero attached hydrogens (tertiary/aromatic N) is 3. The van der Waals surface area contributed by atoms with Crippen molar-refractivity contribution in [2.24, 2.45) is 0 Å². The van der Waals surface area contributed by atoms with E-state index in [-0.39, 0.29) is 36.1 Å². The monoisotopic (exact) mass is 616 g/mol. The normalized spacial score (nSPS) is 15.0. The SMILES string of the molecule is COC(=O)CC(Cc1ccccc1)c1nc(Nc2ccc(C3CCN(C(=O)OC(C)(C)C)CC3)c(F)c2)ncc1C(F)(F)F. The highest BCUT2D eigenvalue weighted by molar-refractivity contribution is 5.70. The number of methoxy groups -OCH3 is 1. The van der Waals surface area contributed by atoms with E-state index >= 15 is 4.39 Å². The third-order valence-electron chi connectivity index (χ3n) is 7.32. The first-order chi connectivity index (χ1) is 20.7. The molecule has 4 rings (SSSR count). The number of ether oxygens (including phenoxy) is 2. The second-order valence-electron chi connectivity index (χ2n) is 11.8. The van der Waals surface area contributed by atoms with Crippen molar-refractivity contribution in [3.63, 3.8) is 0 Å². The van der Waals surface area contributed by atoms with Crippen LogP contribution in [0.5, 0.6) is 0 Å². The van der Waals surface area contributed by atoms with Gasteiger partial charge in [0.05, 0.1) is 24.8 Å². The van der Waals surface area contributed by atoms with Gasteiger partial charge in [0, 0.05) is 30.9 Å². The number of aromatic nitrogens is 2. The van der Waals surface area contributed by atoms with Crippen LogP contribution in [-0.2, 0) is 26.9 Å². The van der Waals surface area contributed by atoms with Gasteiger partial charge < -0.3 is 19.7 Å². The van der Waals surface area contributed by atoms with Crippen LogP contribution in [0.3, 0.4) is 0 Å². The van der Waals surface area contributed by atoms with Crippen molar-refractivity contribution in [2.45, 2.75) is 70.1 Å². The molecule has 0 aliphatic carbocycles. The molecule has 1 aliphatic rings. The van der Waals surface area contributed by atoms with Gasteiger partial charge in [0.15, 0.2) is 0 Å². The molecule has 44 heavy (non-hydrogen) atoms. The molecule has 3 aromatic rings. The molecule has 1 unspecified atom stereocenters. The summed E-state index contributed by atoms with van der Waals surface area (Å²) in [4.78, 5) is 34.2. The summed E-state index contributed by atoms with van der Waals surface area (Å²) in [5.74, 6) is -2.43. The number of hydrogen-bond acceptors (Lipinski definition) is 7. The molecule has 1 aromatic heterocycles. The summed E-state index contributed by atoms with van der Waals surface area (Å²) in [7, 11) is 1.17. The van der Waals surface area contributed by atoms with Gasteiger partial charge in [0.25, 0.3) is 0 Å². The molecule has 1 saturated heterocycles. The van der Waals surface area contributed by atoms with E-state index in [2.05, 4.69) is 15.3 Å². The zero-order valence-corrected chi connectivity index (χ0v) is 25.1. The maximum absolute atomic E-state index is 15.3. The molecule has 2 heterocycles. The lowest BCUT2D eigenvalue weighted by Gasteiger charge is -2.33. The largest absolute Gasteiger partial charge is 0.469 e. The van der Waals surface area contributed by atoms with Crippen LogP contribution < -0.4 is 5.32 Å². The third-order valence-corrected chi connectivity index (χ3v) is 7.32. The molecule has 1 atom stereocenters. The minimum absolute atomic E-state index is 0.103. The summed E-state index contributed by atoms with van der Waals surface area (Å²) in [6.45, 7) is 6.24. The number of esters is 1. The number of alkyl halides is 3. The van der Waals surface area contributed by atoms with E-state index in [0.717, 1.165) is 5.56 Å². The predicted molar refractivity (Wildman–Crippen MR) is 156 cm³/mol. The number of nitrogens with one attached hydrogen (secondary N) is 1. The highest BCUT2D eigenvalue weighted by Gasteiger charge is 2.38. The second kappa shape index (κ2) is 13.6. The Morgan fingerprint density at radius 1 is 1.07 bits per heavy atom. The Morgan fingerprint density at radius 2 is 1.75 bits per heavy atom. The highest BCUT2D eigenvalue weighted by atomic mass is 19.4. The number of carbonyl (C=O) groups is 2. The van der Waals surface area contributed by atoms with E-state index < -0.39 is 41.1 Å². The molecule has 2 aromatic carbocycles. The first-order valence-electron chi connectivity index (χ1n) is 14.3. The van der Waals surface area contributed by atoms with Crippen molar-refractivity contribution >= 4 is 23.7 Å².